The van der Waals surface area contributed by atoms with Gasteiger partial charge in [-0.3, -0.25) is 9.59 Å². The maximum Gasteiger partial charge on any atom is 0.573 e. The highest BCUT2D eigenvalue weighted by atomic mass is 32.2. The molecule has 3 aromatic rings. The third-order valence-corrected chi connectivity index (χ3v) is 4.82. The average Bonchev–Trinajstić information content (AvgIpc) is 3.35. The second-order valence-corrected chi connectivity index (χ2v) is 6.94. The molecule has 0 aliphatic rings. The van der Waals surface area contributed by atoms with Crippen LogP contribution in [0.2, 0.25) is 0 Å². The Balaban J connectivity index is 1.54. The molecule has 0 radical (unpaired) electrons. The predicted molar refractivity (Wildman–Crippen MR) is 103 cm³/mol. The Morgan fingerprint density at radius 3 is 2.68 bits per heavy atom. The molecule has 0 saturated carbocycles. The number of rotatable bonds is 8. The van der Waals surface area contributed by atoms with E-state index < -0.39 is 23.9 Å². The molecule has 9 nitrogen and oxygen atoms in total. The summed E-state index contributed by atoms with van der Waals surface area (Å²) in [5.74, 6) is -1.03. The quantitative estimate of drug-likeness (QED) is 0.503. The van der Waals surface area contributed by atoms with E-state index >= 15 is 0 Å². The van der Waals surface area contributed by atoms with Gasteiger partial charge in [-0.15, -0.1) is 23.4 Å². The second kappa shape index (κ2) is 9.55. The first-order valence-electron chi connectivity index (χ1n) is 8.70. The number of amides is 2. The van der Waals surface area contributed by atoms with Crippen molar-refractivity contribution in [2.45, 2.75) is 18.1 Å². The molecule has 0 spiro atoms. The smallest absolute Gasteiger partial charge is 0.459 e. The number of ether oxygens (including phenoxy) is 1. The molecule has 2 N–H and O–H groups in total. The Bertz CT molecular complexity index is 1050. The van der Waals surface area contributed by atoms with Crippen LogP contribution >= 0.6 is 11.8 Å². The van der Waals surface area contributed by atoms with E-state index in [9.17, 15) is 22.8 Å². The van der Waals surface area contributed by atoms with Gasteiger partial charge in [0, 0.05) is 7.05 Å². The third kappa shape index (κ3) is 6.25. The van der Waals surface area contributed by atoms with E-state index in [0.29, 0.717) is 11.0 Å². The Morgan fingerprint density at radius 1 is 1.19 bits per heavy atom. The normalized spacial score (nSPS) is 11.2. The third-order valence-electron chi connectivity index (χ3n) is 3.80. The zero-order chi connectivity index (χ0) is 22.4. The summed E-state index contributed by atoms with van der Waals surface area (Å²) in [6, 6.07) is 8.33. The Kier molecular flexibility index (Phi) is 6.84. The molecule has 1 aromatic carbocycles. The van der Waals surface area contributed by atoms with Crippen molar-refractivity contribution in [2.75, 3.05) is 11.1 Å². The molecular weight excluding hydrogens is 439 g/mol. The summed E-state index contributed by atoms with van der Waals surface area (Å²) in [4.78, 5) is 24.1. The number of benzene rings is 1. The molecule has 0 aliphatic heterocycles. The van der Waals surface area contributed by atoms with Gasteiger partial charge >= 0.3 is 6.36 Å². The molecule has 0 bridgehead atoms. The number of halogens is 3. The maximum atomic E-state index is 12.5. The van der Waals surface area contributed by atoms with Gasteiger partial charge in [0.25, 0.3) is 5.91 Å². The highest BCUT2D eigenvalue weighted by molar-refractivity contribution is 7.99. The minimum absolute atomic E-state index is 0.0813. The van der Waals surface area contributed by atoms with Crippen molar-refractivity contribution in [3.8, 4) is 5.75 Å². The van der Waals surface area contributed by atoms with Gasteiger partial charge in [-0.05, 0) is 24.3 Å². The van der Waals surface area contributed by atoms with Crippen molar-refractivity contribution in [2.24, 2.45) is 7.05 Å². The summed E-state index contributed by atoms with van der Waals surface area (Å²) < 4.78 is 47.9. The highest BCUT2D eigenvalue weighted by Crippen LogP contribution is 2.30. The summed E-state index contributed by atoms with van der Waals surface area (Å²) in [6.07, 6.45) is -3.50. The van der Waals surface area contributed by atoms with Crippen molar-refractivity contribution >= 4 is 29.3 Å². The van der Waals surface area contributed by atoms with Gasteiger partial charge in [0.1, 0.15) is 0 Å². The SMILES string of the molecule is Cn1c(CNC(=O)c2ccco2)nnc1SCC(=O)Nc1ccccc1OC(F)(F)F. The van der Waals surface area contributed by atoms with Crippen molar-refractivity contribution in [3.63, 3.8) is 0 Å². The molecule has 2 heterocycles. The van der Waals surface area contributed by atoms with Crippen LogP contribution in [0.3, 0.4) is 0 Å². The summed E-state index contributed by atoms with van der Waals surface area (Å²) in [7, 11) is 1.65. The number of alkyl halides is 3. The second-order valence-electron chi connectivity index (χ2n) is 6.00. The van der Waals surface area contributed by atoms with Crippen molar-refractivity contribution < 1.29 is 31.9 Å². The summed E-state index contributed by atoms with van der Waals surface area (Å²) in [5, 5.41) is 13.3. The number of nitrogens with zero attached hydrogens (tertiary/aromatic N) is 3. The van der Waals surface area contributed by atoms with Crippen molar-refractivity contribution in [3.05, 3.63) is 54.2 Å². The van der Waals surface area contributed by atoms with E-state index in [-0.39, 0.29) is 23.7 Å². The number of hydrogen-bond donors (Lipinski definition) is 2. The molecule has 0 fully saturated rings. The largest absolute Gasteiger partial charge is 0.573 e. The first-order chi connectivity index (χ1) is 14.7. The molecule has 164 valence electrons. The lowest BCUT2D eigenvalue weighted by Gasteiger charge is -2.13. The number of furan rings is 1. The lowest BCUT2D eigenvalue weighted by molar-refractivity contribution is -0.274. The minimum atomic E-state index is -4.88. The average molecular weight is 455 g/mol. The fourth-order valence-corrected chi connectivity index (χ4v) is 3.11. The van der Waals surface area contributed by atoms with Gasteiger partial charge in [-0.2, -0.15) is 0 Å². The fraction of sp³-hybridized carbons (Fsp3) is 0.222. The van der Waals surface area contributed by atoms with Gasteiger partial charge in [0.2, 0.25) is 5.91 Å². The van der Waals surface area contributed by atoms with E-state index in [1.807, 2.05) is 0 Å². The van der Waals surface area contributed by atoms with Crippen molar-refractivity contribution in [1.29, 1.82) is 0 Å². The lowest BCUT2D eigenvalue weighted by atomic mass is 10.3. The van der Waals surface area contributed by atoms with Gasteiger partial charge in [0.05, 0.1) is 24.2 Å². The molecule has 2 aromatic heterocycles. The van der Waals surface area contributed by atoms with Crippen LogP contribution in [0.15, 0.2) is 52.2 Å². The van der Waals surface area contributed by atoms with Crippen LogP contribution < -0.4 is 15.4 Å². The predicted octanol–water partition coefficient (Wildman–Crippen LogP) is 2.97. The molecule has 0 aliphatic carbocycles. The monoisotopic (exact) mass is 455 g/mol. The van der Waals surface area contributed by atoms with E-state index in [4.69, 9.17) is 4.42 Å². The van der Waals surface area contributed by atoms with Crippen molar-refractivity contribution in [1.82, 2.24) is 20.1 Å². The van der Waals surface area contributed by atoms with Crippen LogP contribution in [0.5, 0.6) is 5.75 Å². The number of carbonyl (C=O) groups is 2. The molecule has 13 heteroatoms. The summed E-state index contributed by atoms with van der Waals surface area (Å²) in [6.45, 7) is 0.0813. The van der Waals surface area contributed by atoms with E-state index in [1.165, 1.54) is 30.5 Å². The molecule has 0 atom stereocenters. The van der Waals surface area contributed by atoms with Crippen LogP contribution in [0.4, 0.5) is 18.9 Å². The molecular formula is C18H16F3N5O4S. The van der Waals surface area contributed by atoms with E-state index in [1.54, 1.807) is 17.7 Å². The lowest BCUT2D eigenvalue weighted by Crippen LogP contribution is -2.24. The molecule has 3 rings (SSSR count). The number of anilines is 1. The van der Waals surface area contributed by atoms with Crippen LogP contribution in [0.1, 0.15) is 16.4 Å². The number of para-hydroxylation sites is 2. The van der Waals surface area contributed by atoms with Crippen LogP contribution in [0.25, 0.3) is 0 Å². The Hall–Kier alpha value is -3.48. The van der Waals surface area contributed by atoms with E-state index in [0.717, 1.165) is 17.8 Å². The number of thioether (sulfide) groups is 1. The van der Waals surface area contributed by atoms with Gasteiger partial charge < -0.3 is 24.4 Å². The molecule has 0 saturated heterocycles. The summed E-state index contributed by atoms with van der Waals surface area (Å²) >= 11 is 1.03. The van der Waals surface area contributed by atoms with Gasteiger partial charge in [0.15, 0.2) is 22.5 Å². The number of hydrogen-bond acceptors (Lipinski definition) is 7. The maximum absolute atomic E-state index is 12.5. The topological polar surface area (TPSA) is 111 Å². The molecule has 31 heavy (non-hydrogen) atoms. The Morgan fingerprint density at radius 2 is 1.97 bits per heavy atom. The number of nitrogens with one attached hydrogen (secondary N) is 2. The summed E-state index contributed by atoms with van der Waals surface area (Å²) in [5.41, 5.74) is -0.107. The zero-order valence-corrected chi connectivity index (χ0v) is 16.8. The standard InChI is InChI=1S/C18H16F3N5O4S/c1-26-14(9-22-16(28)13-7-4-8-29-13)24-25-17(26)31-10-15(27)23-11-5-2-3-6-12(11)30-18(19,20)21/h2-8H,9-10H2,1H3,(H,22,28)(H,23,27). The first-order valence-corrected chi connectivity index (χ1v) is 9.69. The van der Waals surface area contributed by atoms with Crippen LogP contribution in [-0.2, 0) is 18.4 Å². The van der Waals surface area contributed by atoms with Crippen LogP contribution in [0, 0.1) is 0 Å². The Labute approximate surface area is 178 Å². The van der Waals surface area contributed by atoms with Gasteiger partial charge in [-0.25, -0.2) is 0 Å². The zero-order valence-electron chi connectivity index (χ0n) is 16.0. The van der Waals surface area contributed by atoms with Gasteiger partial charge in [-0.1, -0.05) is 23.9 Å². The minimum Gasteiger partial charge on any atom is -0.459 e. The number of aromatic nitrogens is 3. The van der Waals surface area contributed by atoms with E-state index in [2.05, 4.69) is 25.6 Å². The molecule has 0 unspecified atom stereocenters. The number of carbonyl (C=O) groups excluding carboxylic acids is 2. The highest BCUT2D eigenvalue weighted by Gasteiger charge is 2.32. The molecule has 2 amide bonds. The fourth-order valence-electron chi connectivity index (χ4n) is 2.38. The van der Waals surface area contributed by atoms with Crippen LogP contribution in [-0.4, -0.2) is 38.7 Å². The first kappa shape index (κ1) is 22.2.